The lowest BCUT2D eigenvalue weighted by Gasteiger charge is -2.34. The molecule has 1 N–H and O–H groups in total. The highest BCUT2D eigenvalue weighted by atomic mass is 35.5. The summed E-state index contributed by atoms with van der Waals surface area (Å²) in [5.74, 6) is -0.332. The largest absolute Gasteiger partial charge is 0.573 e. The number of hydrogen-bond donors (Lipinski definition) is 1. The van der Waals surface area contributed by atoms with Crippen molar-refractivity contribution >= 4 is 34.8 Å². The van der Waals surface area contributed by atoms with Gasteiger partial charge in [0.25, 0.3) is 0 Å². The van der Waals surface area contributed by atoms with Gasteiger partial charge < -0.3 is 15.0 Å². The maximum Gasteiger partial charge on any atom is 0.573 e. The van der Waals surface area contributed by atoms with Crippen LogP contribution in [0, 0.1) is 0 Å². The van der Waals surface area contributed by atoms with Crippen LogP contribution in [0.4, 0.5) is 18.9 Å². The Balaban J connectivity index is 1.47. The molecule has 1 aliphatic heterocycles. The van der Waals surface area contributed by atoms with Crippen LogP contribution >= 0.6 is 23.2 Å². The van der Waals surface area contributed by atoms with Crippen LogP contribution in [0.15, 0.2) is 42.5 Å². The first-order valence-electron chi connectivity index (χ1n) is 9.04. The standard InChI is InChI=1S/C20H19Cl2F3N2O2/c21-17-6-1-13(11-18(17)22)12-19(28)26-14-7-9-27(10-8-14)15-2-4-16(5-3-15)29-20(23,24)25/h1-6,11,14H,7-10,12H2,(H,26,28). The second-order valence-corrected chi connectivity index (χ2v) is 7.61. The number of nitrogens with one attached hydrogen (secondary N) is 1. The van der Waals surface area contributed by atoms with Gasteiger partial charge >= 0.3 is 6.36 Å². The van der Waals surface area contributed by atoms with Gasteiger partial charge in [-0.3, -0.25) is 4.79 Å². The summed E-state index contributed by atoms with van der Waals surface area (Å²) in [7, 11) is 0. The summed E-state index contributed by atoms with van der Waals surface area (Å²) in [4.78, 5) is 14.3. The minimum absolute atomic E-state index is 0.0503. The topological polar surface area (TPSA) is 41.6 Å². The number of halogens is 5. The van der Waals surface area contributed by atoms with Gasteiger partial charge in [-0.05, 0) is 54.8 Å². The van der Waals surface area contributed by atoms with Crippen molar-refractivity contribution in [3.8, 4) is 5.75 Å². The molecule has 0 atom stereocenters. The Morgan fingerprint density at radius 3 is 2.31 bits per heavy atom. The number of hydrogen-bond acceptors (Lipinski definition) is 3. The number of alkyl halides is 3. The zero-order valence-electron chi connectivity index (χ0n) is 15.3. The number of amides is 1. The number of carbonyl (C=O) groups excluding carboxylic acids is 1. The third-order valence-corrected chi connectivity index (χ3v) is 5.38. The van der Waals surface area contributed by atoms with Crippen LogP contribution in [0.1, 0.15) is 18.4 Å². The Labute approximate surface area is 176 Å². The van der Waals surface area contributed by atoms with Crippen molar-refractivity contribution in [3.63, 3.8) is 0 Å². The van der Waals surface area contributed by atoms with Crippen molar-refractivity contribution in [1.29, 1.82) is 0 Å². The SMILES string of the molecule is O=C(Cc1ccc(Cl)c(Cl)c1)NC1CCN(c2ccc(OC(F)(F)F)cc2)CC1. The fraction of sp³-hybridized carbons (Fsp3) is 0.350. The van der Waals surface area contributed by atoms with Crippen molar-refractivity contribution in [1.82, 2.24) is 5.32 Å². The van der Waals surface area contributed by atoms with Crippen molar-refractivity contribution in [2.24, 2.45) is 0 Å². The fourth-order valence-corrected chi connectivity index (χ4v) is 3.58. The van der Waals surface area contributed by atoms with Crippen LogP contribution in [0.3, 0.4) is 0 Å². The Kier molecular flexibility index (Phi) is 6.80. The normalized spacial score (nSPS) is 15.3. The number of piperidine rings is 1. The minimum Gasteiger partial charge on any atom is -0.406 e. The number of nitrogens with zero attached hydrogens (tertiary/aromatic N) is 1. The van der Waals surface area contributed by atoms with Crippen molar-refractivity contribution in [3.05, 3.63) is 58.1 Å². The Morgan fingerprint density at radius 1 is 1.07 bits per heavy atom. The van der Waals surface area contributed by atoms with Crippen molar-refractivity contribution < 1.29 is 22.7 Å². The highest BCUT2D eigenvalue weighted by Crippen LogP contribution is 2.27. The van der Waals surface area contributed by atoms with E-state index in [0.717, 1.165) is 24.1 Å². The molecule has 0 bridgehead atoms. The van der Waals surface area contributed by atoms with Crippen LogP contribution < -0.4 is 15.0 Å². The second-order valence-electron chi connectivity index (χ2n) is 6.80. The van der Waals surface area contributed by atoms with Gasteiger partial charge in [0.1, 0.15) is 5.75 Å². The Hall–Kier alpha value is -2.12. The van der Waals surface area contributed by atoms with Gasteiger partial charge in [0, 0.05) is 24.8 Å². The summed E-state index contributed by atoms with van der Waals surface area (Å²) in [5.41, 5.74) is 1.61. The van der Waals surface area contributed by atoms with E-state index < -0.39 is 6.36 Å². The molecule has 1 amide bonds. The quantitative estimate of drug-likeness (QED) is 0.684. The number of benzene rings is 2. The molecule has 0 aliphatic carbocycles. The lowest BCUT2D eigenvalue weighted by atomic mass is 10.0. The summed E-state index contributed by atoms with van der Waals surface area (Å²) >= 11 is 11.9. The van der Waals surface area contributed by atoms with Crippen LogP contribution in [0.2, 0.25) is 10.0 Å². The molecular weight excluding hydrogens is 428 g/mol. The van der Waals surface area contributed by atoms with Crippen LogP contribution in [0.25, 0.3) is 0 Å². The van der Waals surface area contributed by atoms with E-state index in [4.69, 9.17) is 23.2 Å². The molecule has 3 rings (SSSR count). The number of rotatable bonds is 5. The molecule has 1 saturated heterocycles. The maximum absolute atomic E-state index is 12.3. The van der Waals surface area contributed by atoms with E-state index in [0.29, 0.717) is 23.1 Å². The van der Waals surface area contributed by atoms with Gasteiger partial charge in [0.15, 0.2) is 0 Å². The van der Waals surface area contributed by atoms with E-state index in [2.05, 4.69) is 15.0 Å². The molecular formula is C20H19Cl2F3N2O2. The monoisotopic (exact) mass is 446 g/mol. The van der Waals surface area contributed by atoms with Gasteiger partial charge in [-0.15, -0.1) is 13.2 Å². The summed E-state index contributed by atoms with van der Waals surface area (Å²) < 4.78 is 40.6. The van der Waals surface area contributed by atoms with E-state index in [-0.39, 0.29) is 24.1 Å². The number of carbonyl (C=O) groups is 1. The molecule has 1 heterocycles. The number of anilines is 1. The van der Waals surface area contributed by atoms with Gasteiger partial charge in [-0.1, -0.05) is 29.3 Å². The van der Waals surface area contributed by atoms with Crippen LogP contribution in [-0.2, 0) is 11.2 Å². The van der Waals surface area contributed by atoms with Gasteiger partial charge in [-0.25, -0.2) is 0 Å². The lowest BCUT2D eigenvalue weighted by molar-refractivity contribution is -0.274. The molecule has 4 nitrogen and oxygen atoms in total. The third kappa shape index (κ3) is 6.44. The average molecular weight is 447 g/mol. The molecule has 29 heavy (non-hydrogen) atoms. The fourth-order valence-electron chi connectivity index (χ4n) is 3.25. The van der Waals surface area contributed by atoms with E-state index in [9.17, 15) is 18.0 Å². The van der Waals surface area contributed by atoms with Crippen molar-refractivity contribution in [2.45, 2.75) is 31.7 Å². The van der Waals surface area contributed by atoms with E-state index in [1.54, 1.807) is 30.3 Å². The van der Waals surface area contributed by atoms with E-state index in [1.807, 2.05) is 0 Å². The molecule has 9 heteroatoms. The first-order valence-corrected chi connectivity index (χ1v) is 9.79. The summed E-state index contributed by atoms with van der Waals surface area (Å²) in [6.45, 7) is 1.38. The number of ether oxygens (including phenoxy) is 1. The van der Waals surface area contributed by atoms with E-state index >= 15 is 0 Å². The molecule has 156 valence electrons. The highest BCUT2D eigenvalue weighted by molar-refractivity contribution is 6.42. The summed E-state index contributed by atoms with van der Waals surface area (Å²) in [6.07, 6.45) is -2.99. The summed E-state index contributed by atoms with van der Waals surface area (Å²) in [5, 5.41) is 3.88. The molecule has 2 aromatic rings. The predicted octanol–water partition coefficient (Wildman–Crippen LogP) is 5.22. The van der Waals surface area contributed by atoms with Gasteiger partial charge in [-0.2, -0.15) is 0 Å². The molecule has 0 saturated carbocycles. The van der Waals surface area contributed by atoms with Crippen molar-refractivity contribution in [2.75, 3.05) is 18.0 Å². The average Bonchev–Trinajstić information content (AvgIpc) is 2.65. The molecule has 2 aromatic carbocycles. The molecule has 0 radical (unpaired) electrons. The predicted molar refractivity (Wildman–Crippen MR) is 107 cm³/mol. The Bertz CT molecular complexity index is 852. The third-order valence-electron chi connectivity index (χ3n) is 4.64. The smallest absolute Gasteiger partial charge is 0.406 e. The molecule has 1 fully saturated rings. The minimum atomic E-state index is -4.70. The van der Waals surface area contributed by atoms with Crippen LogP contribution in [0.5, 0.6) is 5.75 Å². The Morgan fingerprint density at radius 2 is 1.72 bits per heavy atom. The van der Waals surface area contributed by atoms with Gasteiger partial charge in [0.05, 0.1) is 16.5 Å². The highest BCUT2D eigenvalue weighted by Gasteiger charge is 2.31. The second kappa shape index (κ2) is 9.13. The molecule has 0 spiro atoms. The van der Waals surface area contributed by atoms with Gasteiger partial charge in [0.2, 0.25) is 5.91 Å². The first-order chi connectivity index (χ1) is 13.7. The summed E-state index contributed by atoms with van der Waals surface area (Å²) in [6, 6.07) is 11.0. The zero-order chi connectivity index (χ0) is 21.0. The molecule has 0 aromatic heterocycles. The first kappa shape index (κ1) is 21.6. The van der Waals surface area contributed by atoms with E-state index in [1.165, 1.54) is 12.1 Å². The molecule has 1 aliphatic rings. The zero-order valence-corrected chi connectivity index (χ0v) is 16.8. The molecule has 0 unspecified atom stereocenters. The van der Waals surface area contributed by atoms with Crippen LogP contribution in [-0.4, -0.2) is 31.4 Å². The maximum atomic E-state index is 12.3. The lowest BCUT2D eigenvalue weighted by Crippen LogP contribution is -2.45.